The Hall–Kier alpha value is -2.71. The van der Waals surface area contributed by atoms with E-state index in [2.05, 4.69) is 10.0 Å². The van der Waals surface area contributed by atoms with Crippen LogP contribution < -0.4 is 14.9 Å². The lowest BCUT2D eigenvalue weighted by atomic mass is 10.1. The Bertz CT molecular complexity index is 1050. The molecule has 1 aliphatic rings. The monoisotopic (exact) mass is 429 g/mol. The van der Waals surface area contributed by atoms with E-state index in [1.807, 2.05) is 39.0 Å². The number of nitrogens with zero attached hydrogens (tertiary/aromatic N) is 1. The smallest absolute Gasteiger partial charge is 0.240 e. The second-order valence-corrected chi connectivity index (χ2v) is 9.35. The van der Waals surface area contributed by atoms with Crippen molar-refractivity contribution < 1.29 is 18.0 Å². The van der Waals surface area contributed by atoms with Crippen molar-refractivity contribution >= 4 is 33.2 Å². The van der Waals surface area contributed by atoms with Crippen LogP contribution >= 0.6 is 0 Å². The molecular weight excluding hydrogens is 402 g/mol. The zero-order valence-electron chi connectivity index (χ0n) is 17.4. The van der Waals surface area contributed by atoms with Crippen LogP contribution in [0.2, 0.25) is 0 Å². The molecule has 1 saturated heterocycles. The minimum Gasteiger partial charge on any atom is -0.326 e. The lowest BCUT2D eigenvalue weighted by Crippen LogP contribution is -2.28. The lowest BCUT2D eigenvalue weighted by molar-refractivity contribution is -0.122. The maximum absolute atomic E-state index is 12.7. The number of rotatable bonds is 7. The van der Waals surface area contributed by atoms with E-state index < -0.39 is 15.9 Å². The summed E-state index contributed by atoms with van der Waals surface area (Å²) < 4.78 is 26.8. The molecule has 1 aliphatic heterocycles. The van der Waals surface area contributed by atoms with Gasteiger partial charge in [-0.3, -0.25) is 9.59 Å². The maximum Gasteiger partial charge on any atom is 0.240 e. The van der Waals surface area contributed by atoms with Crippen LogP contribution in [0.15, 0.2) is 47.4 Å². The van der Waals surface area contributed by atoms with Crippen LogP contribution in [0.25, 0.3) is 0 Å². The average molecular weight is 430 g/mol. The van der Waals surface area contributed by atoms with Gasteiger partial charge in [-0.2, -0.15) is 0 Å². The van der Waals surface area contributed by atoms with Crippen LogP contribution in [0.3, 0.4) is 0 Å². The van der Waals surface area contributed by atoms with Crippen LogP contribution in [-0.4, -0.2) is 33.3 Å². The third-order valence-corrected chi connectivity index (χ3v) is 6.75. The van der Waals surface area contributed by atoms with Crippen molar-refractivity contribution in [2.75, 3.05) is 23.3 Å². The fourth-order valence-corrected chi connectivity index (χ4v) is 4.44. The Morgan fingerprint density at radius 1 is 1.10 bits per heavy atom. The first kappa shape index (κ1) is 22.0. The van der Waals surface area contributed by atoms with E-state index in [0.29, 0.717) is 25.2 Å². The summed E-state index contributed by atoms with van der Waals surface area (Å²) in [6.07, 6.45) is 0.846. The highest BCUT2D eigenvalue weighted by atomic mass is 32.2. The van der Waals surface area contributed by atoms with Gasteiger partial charge in [-0.15, -0.1) is 0 Å². The summed E-state index contributed by atoms with van der Waals surface area (Å²) in [4.78, 5) is 26.9. The van der Waals surface area contributed by atoms with Crippen molar-refractivity contribution in [1.82, 2.24) is 4.72 Å². The number of carbonyl (C=O) groups is 2. The van der Waals surface area contributed by atoms with E-state index in [1.165, 1.54) is 12.1 Å². The summed E-state index contributed by atoms with van der Waals surface area (Å²) in [6, 6.07) is 11.8. The first-order valence-electron chi connectivity index (χ1n) is 9.99. The minimum atomic E-state index is -3.55. The van der Waals surface area contributed by atoms with E-state index in [0.717, 1.165) is 16.8 Å². The predicted molar refractivity (Wildman–Crippen MR) is 117 cm³/mol. The quantitative estimate of drug-likeness (QED) is 0.707. The average Bonchev–Trinajstić information content (AvgIpc) is 3.11. The van der Waals surface area contributed by atoms with Crippen LogP contribution in [-0.2, 0) is 19.6 Å². The van der Waals surface area contributed by atoms with Crippen molar-refractivity contribution in [2.45, 2.75) is 38.5 Å². The number of hydrogen-bond acceptors (Lipinski definition) is 4. The molecule has 0 spiro atoms. The Labute approximate surface area is 177 Å². The highest BCUT2D eigenvalue weighted by molar-refractivity contribution is 7.89. The number of sulfonamides is 1. The molecule has 0 saturated carbocycles. The molecule has 0 unspecified atom stereocenters. The molecule has 2 aromatic rings. The fourth-order valence-electron chi connectivity index (χ4n) is 3.31. The van der Waals surface area contributed by atoms with Gasteiger partial charge in [0.05, 0.1) is 10.8 Å². The molecule has 7 nitrogen and oxygen atoms in total. The molecule has 0 aliphatic carbocycles. The number of benzene rings is 2. The molecule has 160 valence electrons. The summed E-state index contributed by atoms with van der Waals surface area (Å²) in [5.41, 5.74) is 3.53. The van der Waals surface area contributed by atoms with Crippen LogP contribution in [0, 0.1) is 19.8 Å². The van der Waals surface area contributed by atoms with Crippen LogP contribution in [0.5, 0.6) is 0 Å². The number of nitrogens with one attached hydrogen (secondary N) is 2. The summed E-state index contributed by atoms with van der Waals surface area (Å²) in [6.45, 7) is 6.58. The van der Waals surface area contributed by atoms with Gasteiger partial charge in [-0.05, 0) is 67.8 Å². The van der Waals surface area contributed by atoms with E-state index in [1.54, 1.807) is 17.0 Å². The number of hydrogen-bond donors (Lipinski definition) is 2. The molecule has 2 N–H and O–H groups in total. The number of carbonyl (C=O) groups excluding carboxylic acids is 2. The first-order chi connectivity index (χ1) is 14.2. The number of amides is 2. The Morgan fingerprint density at radius 2 is 1.80 bits per heavy atom. The van der Waals surface area contributed by atoms with Crippen LogP contribution in [0.4, 0.5) is 11.4 Å². The van der Waals surface area contributed by atoms with Gasteiger partial charge in [-0.25, -0.2) is 13.1 Å². The highest BCUT2D eigenvalue weighted by Gasteiger charge is 2.35. The summed E-state index contributed by atoms with van der Waals surface area (Å²) in [7, 11) is -3.55. The molecule has 1 atom stereocenters. The Morgan fingerprint density at radius 3 is 2.43 bits per heavy atom. The molecule has 3 rings (SSSR count). The summed E-state index contributed by atoms with van der Waals surface area (Å²) >= 11 is 0. The van der Waals surface area contributed by atoms with E-state index in [4.69, 9.17) is 0 Å². The van der Waals surface area contributed by atoms with Crippen LogP contribution in [0.1, 0.15) is 30.9 Å². The fraction of sp³-hybridized carbons (Fsp3) is 0.364. The SMILES string of the molecule is CCCNS(=O)(=O)c1ccc(NC(=O)[C@H]2CC(=O)N(c3ccc(C)c(C)c3)C2)cc1. The van der Waals surface area contributed by atoms with Gasteiger partial charge >= 0.3 is 0 Å². The molecule has 0 aromatic heterocycles. The molecule has 2 aromatic carbocycles. The highest BCUT2D eigenvalue weighted by Crippen LogP contribution is 2.27. The van der Waals surface area contributed by atoms with E-state index in [-0.39, 0.29) is 23.1 Å². The molecule has 0 radical (unpaired) electrons. The lowest BCUT2D eigenvalue weighted by Gasteiger charge is -2.18. The Kier molecular flexibility index (Phi) is 6.58. The van der Waals surface area contributed by atoms with Gasteiger partial charge in [0, 0.05) is 30.9 Å². The molecule has 2 amide bonds. The second-order valence-electron chi connectivity index (χ2n) is 7.59. The van der Waals surface area contributed by atoms with Gasteiger partial charge in [0.25, 0.3) is 0 Å². The normalized spacial score (nSPS) is 16.7. The molecule has 0 bridgehead atoms. The molecule has 8 heteroatoms. The second kappa shape index (κ2) is 8.97. The zero-order valence-corrected chi connectivity index (χ0v) is 18.3. The van der Waals surface area contributed by atoms with E-state index in [9.17, 15) is 18.0 Å². The van der Waals surface area contributed by atoms with Crippen molar-refractivity contribution in [3.63, 3.8) is 0 Å². The number of anilines is 2. The standard InChI is InChI=1S/C22H27N3O4S/c1-4-11-23-30(28,29)20-9-6-18(7-10-20)24-22(27)17-13-21(26)25(14-17)19-8-5-15(2)16(3)12-19/h5-10,12,17,23H,4,11,13-14H2,1-3H3,(H,24,27)/t17-/m0/s1. The largest absolute Gasteiger partial charge is 0.326 e. The minimum absolute atomic E-state index is 0.0816. The third kappa shape index (κ3) is 4.88. The van der Waals surface area contributed by atoms with Gasteiger partial charge in [0.1, 0.15) is 0 Å². The van der Waals surface area contributed by atoms with Crippen molar-refractivity contribution in [2.24, 2.45) is 5.92 Å². The van der Waals surface area contributed by atoms with Crippen molar-refractivity contribution in [3.05, 3.63) is 53.6 Å². The summed E-state index contributed by atoms with van der Waals surface area (Å²) in [5, 5.41) is 2.79. The van der Waals surface area contributed by atoms with Crippen molar-refractivity contribution in [3.8, 4) is 0 Å². The Balaban J connectivity index is 1.65. The van der Waals surface area contributed by atoms with Crippen molar-refractivity contribution in [1.29, 1.82) is 0 Å². The zero-order chi connectivity index (χ0) is 21.9. The van der Waals surface area contributed by atoms with Gasteiger partial charge in [0.2, 0.25) is 21.8 Å². The first-order valence-corrected chi connectivity index (χ1v) is 11.5. The van der Waals surface area contributed by atoms with Gasteiger partial charge < -0.3 is 10.2 Å². The summed E-state index contributed by atoms with van der Waals surface area (Å²) in [5.74, 6) is -0.801. The molecule has 30 heavy (non-hydrogen) atoms. The maximum atomic E-state index is 12.7. The molecular formula is C22H27N3O4S. The topological polar surface area (TPSA) is 95.6 Å². The third-order valence-electron chi connectivity index (χ3n) is 5.27. The van der Waals surface area contributed by atoms with E-state index >= 15 is 0 Å². The number of aryl methyl sites for hydroxylation is 2. The van der Waals surface area contributed by atoms with Gasteiger partial charge in [-0.1, -0.05) is 13.0 Å². The predicted octanol–water partition coefficient (Wildman–Crippen LogP) is 2.98. The molecule has 1 heterocycles. The van der Waals surface area contributed by atoms with Gasteiger partial charge in [0.15, 0.2) is 0 Å². The molecule has 1 fully saturated rings.